The Balaban J connectivity index is 0.000000149. The van der Waals surface area contributed by atoms with E-state index in [0.717, 1.165) is 59.5 Å². The molecular formula is C87H99BrF4N18O12. The molecule has 0 saturated heterocycles. The molecule has 12 heterocycles. The van der Waals surface area contributed by atoms with Gasteiger partial charge >= 0.3 is 29.8 Å². The highest BCUT2D eigenvalue weighted by Crippen LogP contribution is 2.44. The van der Waals surface area contributed by atoms with E-state index in [4.69, 9.17) is 41.7 Å². The molecule has 12 aromatic heterocycles. The van der Waals surface area contributed by atoms with Crippen molar-refractivity contribution in [2.75, 3.05) is 30.9 Å². The number of aliphatic hydroxyl groups is 1. The van der Waals surface area contributed by atoms with Crippen molar-refractivity contribution in [2.45, 2.75) is 213 Å². The normalized spacial score (nSPS) is 14.3. The first-order valence-corrected chi connectivity index (χ1v) is 40.9. The van der Waals surface area contributed by atoms with Crippen molar-refractivity contribution in [1.29, 1.82) is 0 Å². The van der Waals surface area contributed by atoms with Gasteiger partial charge in [-0.1, -0.05) is 70.1 Å². The first-order chi connectivity index (χ1) is 57.9. The fourth-order valence-electron chi connectivity index (χ4n) is 12.2. The number of nitrogens with two attached hydrogens (primary N) is 1. The molecule has 30 nitrogen and oxygen atoms in total. The Morgan fingerprint density at radius 3 is 1.38 bits per heavy atom. The number of nitrogens with zero attached hydrogens (tertiary/aromatic N) is 17. The number of carbonyl (C=O) groups excluding carboxylic acids is 6. The molecule has 18 rings (SSSR count). The number of carbonyl (C=O) groups is 6. The van der Waals surface area contributed by atoms with E-state index in [9.17, 15) is 46.3 Å². The lowest BCUT2D eigenvalue weighted by Gasteiger charge is -2.18. The summed E-state index contributed by atoms with van der Waals surface area (Å²) in [6, 6.07) is 23.1. The van der Waals surface area contributed by atoms with Gasteiger partial charge in [-0.3, -0.25) is 22.4 Å². The van der Waals surface area contributed by atoms with Gasteiger partial charge < -0.3 is 38.9 Å². The van der Waals surface area contributed by atoms with Crippen molar-refractivity contribution in [3.05, 3.63) is 224 Å². The number of ketones is 1. The second-order valence-corrected chi connectivity index (χ2v) is 31.9. The van der Waals surface area contributed by atoms with E-state index in [1.165, 1.54) is 91.0 Å². The van der Waals surface area contributed by atoms with Gasteiger partial charge in [-0.15, -0.1) is 11.5 Å². The van der Waals surface area contributed by atoms with Crippen LogP contribution in [0.3, 0.4) is 0 Å². The molecule has 0 aromatic carbocycles. The Kier molecular flexibility index (Phi) is 31.1. The number of azide groups is 1. The Morgan fingerprint density at radius 1 is 0.533 bits per heavy atom. The summed E-state index contributed by atoms with van der Waals surface area (Å²) in [5.74, 6) is 0.684. The van der Waals surface area contributed by atoms with E-state index < -0.39 is 64.7 Å². The van der Waals surface area contributed by atoms with E-state index in [0.29, 0.717) is 70.3 Å². The van der Waals surface area contributed by atoms with Crippen LogP contribution in [0, 0.1) is 36.1 Å². The number of esters is 5. The maximum absolute atomic E-state index is 14.7. The third kappa shape index (κ3) is 25.6. The summed E-state index contributed by atoms with van der Waals surface area (Å²) in [6.07, 6.45) is 33.5. The maximum Gasteiger partial charge on any atom is 0.384 e. The van der Waals surface area contributed by atoms with Crippen molar-refractivity contribution < 1.29 is 75.1 Å². The summed E-state index contributed by atoms with van der Waals surface area (Å²) in [4.78, 5) is 93.4. The second kappa shape index (κ2) is 41.2. The number of hydrogen-bond donors (Lipinski definition) is 2. The average molecular weight is 1740 g/mol. The Labute approximate surface area is 709 Å². The van der Waals surface area contributed by atoms with Gasteiger partial charge in [0.15, 0.2) is 11.4 Å². The topological polar surface area (TPSA) is 374 Å². The van der Waals surface area contributed by atoms with Crippen molar-refractivity contribution in [1.82, 2.24) is 66.9 Å². The molecule has 6 aliphatic carbocycles. The van der Waals surface area contributed by atoms with Gasteiger partial charge in [0.1, 0.15) is 62.3 Å². The number of imidazole rings is 5. The third-order valence-electron chi connectivity index (χ3n) is 19.1. The Hall–Kier alpha value is -12.4. The fraction of sp³-hybridized carbons (Fsp3) is 0.425. The molecule has 6 aliphatic rings. The zero-order valence-corrected chi connectivity index (χ0v) is 70.1. The molecule has 12 aromatic rings. The van der Waals surface area contributed by atoms with Crippen molar-refractivity contribution in [2.24, 2.45) is 5.11 Å². The van der Waals surface area contributed by atoms with Crippen LogP contribution in [0.4, 0.5) is 23.4 Å². The number of halogens is 5. The van der Waals surface area contributed by atoms with Crippen LogP contribution in [0.25, 0.3) is 38.7 Å². The summed E-state index contributed by atoms with van der Waals surface area (Å²) in [6.45, 7) is 16.3. The molecule has 0 amide bonds. The SMILES string of the molecule is C.C#CC(=O)OC(C)(C)C.CC(C)(C)OC(=O)c1cn(Cc2nc3ccc(C4CC4)cn3c2F)nn1.CCOC(=O)C(=O)CBr.CCOC(=O)c1cn2cc(C3CC3)ccc2n1.CCOC(=O)c1nc2ccc(C3CC3)cn2c1F.Nc1ccc(C2CC2)cn1.OCc1nc2ccc(C3CC3)cn2c1F.[N-]=[N+]=NCc1nc2ccc(C3CC3)cn2c1F. The number of fused-ring (bicyclic) bond motifs is 5. The van der Waals surface area contributed by atoms with E-state index >= 15 is 0 Å². The molecule has 0 unspecified atom stereocenters. The molecule has 122 heavy (non-hydrogen) atoms. The van der Waals surface area contributed by atoms with Gasteiger partial charge in [0, 0.05) is 54.2 Å². The molecule has 6 saturated carbocycles. The molecular weight excluding hydrogens is 1640 g/mol. The first-order valence-electron chi connectivity index (χ1n) is 39.8. The summed E-state index contributed by atoms with van der Waals surface area (Å²) >= 11 is 2.83. The minimum Gasteiger partial charge on any atom is -0.461 e. The molecule has 35 heteroatoms. The second-order valence-electron chi connectivity index (χ2n) is 31.3. The molecule has 0 bridgehead atoms. The number of alkyl halides is 1. The number of aromatic nitrogens is 14. The van der Waals surface area contributed by atoms with Crippen LogP contribution in [0.2, 0.25) is 0 Å². The van der Waals surface area contributed by atoms with Crippen LogP contribution in [0.1, 0.15) is 264 Å². The van der Waals surface area contributed by atoms with Crippen molar-refractivity contribution >= 4 is 85.6 Å². The highest BCUT2D eigenvalue weighted by atomic mass is 79.9. The predicted octanol–water partition coefficient (Wildman–Crippen LogP) is 16.5. The van der Waals surface area contributed by atoms with Crippen LogP contribution in [0.5, 0.6) is 0 Å². The van der Waals surface area contributed by atoms with Gasteiger partial charge in [0.05, 0.1) is 51.0 Å². The van der Waals surface area contributed by atoms with Crippen LogP contribution in [-0.2, 0) is 57.8 Å². The van der Waals surface area contributed by atoms with Gasteiger partial charge in [0.2, 0.25) is 35.3 Å². The molecule has 0 spiro atoms. The Morgan fingerprint density at radius 2 is 0.951 bits per heavy atom. The lowest BCUT2D eigenvalue weighted by molar-refractivity contribution is -0.152. The number of Topliss-reactive ketones (excluding diaryl/α,β-unsaturated/α-hetero) is 1. The number of anilines is 1. The van der Waals surface area contributed by atoms with E-state index in [1.807, 2.05) is 65.2 Å². The van der Waals surface area contributed by atoms with E-state index in [-0.39, 0.29) is 80.1 Å². The predicted molar refractivity (Wildman–Crippen MR) is 448 cm³/mol. The zero-order valence-electron chi connectivity index (χ0n) is 68.5. The molecule has 0 atom stereocenters. The fourth-order valence-corrected chi connectivity index (χ4v) is 12.4. The molecule has 644 valence electrons. The van der Waals surface area contributed by atoms with Crippen molar-refractivity contribution in [3.63, 3.8) is 0 Å². The van der Waals surface area contributed by atoms with Crippen LogP contribution in [-0.4, -0.2) is 144 Å². The zero-order chi connectivity index (χ0) is 87.0. The summed E-state index contributed by atoms with van der Waals surface area (Å²) in [5.41, 5.74) is 23.4. The van der Waals surface area contributed by atoms with Crippen LogP contribution >= 0.6 is 15.9 Å². The number of nitrogen functional groups attached to an aromatic ring is 1. The highest BCUT2D eigenvalue weighted by Gasteiger charge is 2.31. The van der Waals surface area contributed by atoms with Crippen LogP contribution in [0.15, 0.2) is 127 Å². The van der Waals surface area contributed by atoms with E-state index in [1.54, 1.807) is 105 Å². The first kappa shape index (κ1) is 91.9. The number of aliphatic hydroxyl groups excluding tert-OH is 1. The number of hydrogen-bond acceptors (Lipinski definition) is 22. The van der Waals surface area contributed by atoms with Gasteiger partial charge in [-0.2, -0.15) is 17.6 Å². The van der Waals surface area contributed by atoms with Gasteiger partial charge in [-0.25, -0.2) is 58.6 Å². The van der Waals surface area contributed by atoms with Crippen LogP contribution < -0.4 is 5.73 Å². The number of pyridine rings is 6. The monoisotopic (exact) mass is 1740 g/mol. The average Bonchev–Trinajstić information content (AvgIpc) is 1.66. The Bertz CT molecular complexity index is 5810. The van der Waals surface area contributed by atoms with E-state index in [2.05, 4.69) is 89.2 Å². The number of rotatable bonds is 19. The molecule has 0 aliphatic heterocycles. The molecule has 6 fully saturated rings. The summed E-state index contributed by atoms with van der Waals surface area (Å²) in [5, 5.41) is 19.9. The largest absolute Gasteiger partial charge is 0.461 e. The number of ether oxygens (including phenoxy) is 5. The van der Waals surface area contributed by atoms with Gasteiger partial charge in [-0.05, 0) is 250 Å². The minimum absolute atomic E-state index is 0. The number of terminal acetylenes is 1. The quantitative estimate of drug-likeness (QED) is 0.00725. The summed E-state index contributed by atoms with van der Waals surface area (Å²) in [7, 11) is 0. The standard InChI is InChI=1S/C18H20FN5O2.C13H13FN2O2.C13H14N2O2.C11H10FN5.C11H11FN2O.C8H10N2.C7H10O2.C5H7BrO3.CH4/c1-18(2,3)26-17(25)14-10-23(22-21-14)9-13-16(19)24-8-12(11-4-5-11)6-7-15(24)20-13;1-2-18-13(17)11-12(14)16-7-9(8-3-4-8)5-6-10(16)15-11;1-2-17-13(16)11-8-15-7-10(9-3-4-9)5-6-12(15)14-11;12-11-9(5-14-16-13)15-10-4-3-8(6-17(10)11)7-1-2-7;12-11-9(6-15)13-10-4-3-8(5-14(10)11)7-1-2-7;9-8-4-3-7(5-10-8)6-1-2-6;1-5-6(8)9-7(2,3)4;1-2-9-5(8)4(7)3-6;/h6-8,10-11H,4-5,9H2,1-3H3;5-8H,2-4H2,1H3;5-9H,2-4H2,1H3;3-4,6-7H,1-2,5H2;3-5,7,15H,1-2,6H2;3-6H,1-2H2,(H2,9,10);1H,2-4H3;2-3H2,1H3;1H4. The van der Waals surface area contributed by atoms with Crippen molar-refractivity contribution in [3.8, 4) is 12.3 Å². The third-order valence-corrected chi connectivity index (χ3v) is 19.6. The molecule has 3 N–H and O–H groups in total. The smallest absolute Gasteiger partial charge is 0.384 e. The lowest BCUT2D eigenvalue weighted by atomic mass is 10.2. The van der Waals surface area contributed by atoms with Gasteiger partial charge in [0.25, 0.3) is 0 Å². The highest BCUT2D eigenvalue weighted by molar-refractivity contribution is 9.09. The maximum atomic E-state index is 14.7. The molecule has 0 radical (unpaired) electrons. The lowest BCUT2D eigenvalue weighted by Crippen LogP contribution is -2.24. The minimum atomic E-state index is -0.769. The summed E-state index contributed by atoms with van der Waals surface area (Å²) < 4.78 is 89.3.